The SMILES string of the molecule is CCNc1cc(C(F)(F)F)cc2c1Cc1ncc(-c3cnc4c(c3)c(=O)c(C(=O)O)cn4NC)c(N3CC[C@H]4CN(C)CC43)c1-2. The first-order valence-electron chi connectivity index (χ1n) is 14.9. The van der Waals surface area contributed by atoms with E-state index in [0.29, 0.717) is 52.5 Å². The minimum absolute atomic E-state index is 0.0993. The van der Waals surface area contributed by atoms with Gasteiger partial charge < -0.3 is 25.6 Å². The summed E-state index contributed by atoms with van der Waals surface area (Å²) in [6.07, 6.45) is 1.28. The number of halogens is 3. The number of carboxylic acid groups (broad SMARTS) is 1. The van der Waals surface area contributed by atoms with E-state index in [9.17, 15) is 27.9 Å². The minimum atomic E-state index is -4.54. The van der Waals surface area contributed by atoms with E-state index in [1.165, 1.54) is 23.0 Å². The molecular formula is C32H32F3N7O3. The molecule has 2 aliphatic heterocycles. The largest absolute Gasteiger partial charge is 0.477 e. The second-order valence-corrected chi connectivity index (χ2v) is 12.0. The Morgan fingerprint density at radius 3 is 2.64 bits per heavy atom. The van der Waals surface area contributed by atoms with Crippen LogP contribution < -0.4 is 21.1 Å². The van der Waals surface area contributed by atoms with Crippen molar-refractivity contribution in [1.82, 2.24) is 19.5 Å². The number of nitrogens with one attached hydrogen (secondary N) is 2. The van der Waals surface area contributed by atoms with Crippen LogP contribution in [0.2, 0.25) is 0 Å². The van der Waals surface area contributed by atoms with Crippen molar-refractivity contribution in [2.45, 2.75) is 32.0 Å². The first-order chi connectivity index (χ1) is 21.5. The summed E-state index contributed by atoms with van der Waals surface area (Å²) in [6, 6.07) is 4.16. The summed E-state index contributed by atoms with van der Waals surface area (Å²) >= 11 is 0. The monoisotopic (exact) mass is 619 g/mol. The van der Waals surface area contributed by atoms with E-state index >= 15 is 0 Å². The molecule has 2 atom stereocenters. The second kappa shape index (κ2) is 10.5. The third-order valence-corrected chi connectivity index (χ3v) is 9.33. The molecule has 10 nitrogen and oxygen atoms in total. The zero-order chi connectivity index (χ0) is 31.8. The molecule has 3 aliphatic rings. The fraction of sp³-hybridized carbons (Fsp3) is 0.375. The molecule has 0 saturated carbocycles. The fourth-order valence-electron chi connectivity index (χ4n) is 7.36. The molecule has 45 heavy (non-hydrogen) atoms. The number of fused-ring (bicyclic) bond motifs is 5. The van der Waals surface area contributed by atoms with E-state index in [1.54, 1.807) is 25.5 Å². The van der Waals surface area contributed by atoms with Gasteiger partial charge in [-0.2, -0.15) is 13.2 Å². The third-order valence-electron chi connectivity index (χ3n) is 9.33. The second-order valence-electron chi connectivity index (χ2n) is 12.0. The number of likely N-dealkylation sites (tertiary alicyclic amines) is 1. The number of aromatic nitrogens is 3. The average Bonchev–Trinajstić information content (AvgIpc) is 3.68. The molecule has 1 unspecified atom stereocenters. The molecule has 0 amide bonds. The molecule has 2 fully saturated rings. The molecule has 234 valence electrons. The number of carboxylic acids is 1. The Kier molecular flexibility index (Phi) is 6.77. The predicted octanol–water partition coefficient (Wildman–Crippen LogP) is 4.49. The van der Waals surface area contributed by atoms with Crippen molar-refractivity contribution in [3.63, 3.8) is 0 Å². The van der Waals surface area contributed by atoms with Crippen molar-refractivity contribution in [3.05, 3.63) is 69.4 Å². The summed E-state index contributed by atoms with van der Waals surface area (Å²) in [5, 5.41) is 12.9. The van der Waals surface area contributed by atoms with E-state index in [1.807, 2.05) is 6.92 Å². The Labute approximate surface area is 256 Å². The van der Waals surface area contributed by atoms with Crippen LogP contribution in [0.25, 0.3) is 33.3 Å². The minimum Gasteiger partial charge on any atom is -0.477 e. The zero-order valence-electron chi connectivity index (χ0n) is 25.0. The topological polar surface area (TPSA) is 116 Å². The maximum absolute atomic E-state index is 14.2. The van der Waals surface area contributed by atoms with E-state index < -0.39 is 28.7 Å². The molecular weight excluding hydrogens is 587 g/mol. The number of hydrogen-bond acceptors (Lipinski definition) is 8. The Morgan fingerprint density at radius 1 is 1.13 bits per heavy atom. The number of benzene rings is 1. The number of aromatic carboxylic acids is 1. The highest BCUT2D eigenvalue weighted by Crippen LogP contribution is 2.52. The molecule has 13 heteroatoms. The van der Waals surface area contributed by atoms with Gasteiger partial charge in [-0.05, 0) is 55.6 Å². The lowest BCUT2D eigenvalue weighted by molar-refractivity contribution is -0.137. The van der Waals surface area contributed by atoms with Crippen LogP contribution in [0.3, 0.4) is 0 Å². The highest BCUT2D eigenvalue weighted by molar-refractivity contribution is 5.99. The van der Waals surface area contributed by atoms with Gasteiger partial charge >= 0.3 is 12.1 Å². The maximum Gasteiger partial charge on any atom is 0.416 e. The van der Waals surface area contributed by atoms with Crippen molar-refractivity contribution >= 4 is 28.4 Å². The molecule has 0 spiro atoms. The molecule has 3 N–H and O–H groups in total. The van der Waals surface area contributed by atoms with Gasteiger partial charge in [-0.25, -0.2) is 14.5 Å². The lowest BCUT2D eigenvalue weighted by atomic mass is 9.95. The van der Waals surface area contributed by atoms with Crippen molar-refractivity contribution < 1.29 is 23.1 Å². The van der Waals surface area contributed by atoms with Gasteiger partial charge in [0.05, 0.1) is 22.3 Å². The summed E-state index contributed by atoms with van der Waals surface area (Å²) in [5.74, 6) is -0.958. The number of anilines is 2. The number of nitrogens with zero attached hydrogens (tertiary/aromatic N) is 5. The number of likely N-dealkylation sites (N-methyl/N-ethyl adjacent to an activating group) is 1. The number of pyridine rings is 3. The van der Waals surface area contributed by atoms with Gasteiger partial charge in [0.1, 0.15) is 5.56 Å². The van der Waals surface area contributed by atoms with Gasteiger partial charge in [0.15, 0.2) is 5.65 Å². The molecule has 0 bridgehead atoms. The highest BCUT2D eigenvalue weighted by Gasteiger charge is 2.43. The van der Waals surface area contributed by atoms with Gasteiger partial charge in [0.25, 0.3) is 0 Å². The molecule has 7 rings (SSSR count). The molecule has 5 heterocycles. The third kappa shape index (κ3) is 4.59. The first-order valence-corrected chi connectivity index (χ1v) is 14.9. The predicted molar refractivity (Wildman–Crippen MR) is 166 cm³/mol. The Hall–Kier alpha value is -4.65. The first kappa shape index (κ1) is 29.1. The van der Waals surface area contributed by atoms with E-state index in [0.717, 1.165) is 37.3 Å². The summed E-state index contributed by atoms with van der Waals surface area (Å²) in [4.78, 5) is 39.1. The van der Waals surface area contributed by atoms with Crippen LogP contribution >= 0.6 is 0 Å². The lowest BCUT2D eigenvalue weighted by Crippen LogP contribution is -2.35. The maximum atomic E-state index is 14.2. The van der Waals surface area contributed by atoms with Crippen LogP contribution in [0, 0.1) is 5.92 Å². The van der Waals surface area contributed by atoms with Gasteiger partial charge in [-0.1, -0.05) is 0 Å². The van der Waals surface area contributed by atoms with Crippen molar-refractivity contribution in [2.75, 3.05) is 55.9 Å². The van der Waals surface area contributed by atoms with E-state index in [4.69, 9.17) is 4.98 Å². The molecule has 0 radical (unpaired) electrons. The van der Waals surface area contributed by atoms with E-state index in [-0.39, 0.29) is 17.1 Å². The number of hydrogen-bond donors (Lipinski definition) is 3. The number of alkyl halides is 3. The highest BCUT2D eigenvalue weighted by atomic mass is 19.4. The zero-order valence-corrected chi connectivity index (χ0v) is 25.0. The summed E-state index contributed by atoms with van der Waals surface area (Å²) in [6.45, 7) is 4.77. The Balaban J connectivity index is 1.51. The summed E-state index contributed by atoms with van der Waals surface area (Å²) in [5.41, 5.74) is 6.25. The van der Waals surface area contributed by atoms with Crippen LogP contribution in [-0.2, 0) is 12.6 Å². The Bertz CT molecular complexity index is 1940. The average molecular weight is 620 g/mol. The van der Waals surface area contributed by atoms with Crippen molar-refractivity contribution in [2.24, 2.45) is 5.92 Å². The quantitative estimate of drug-likeness (QED) is 0.253. The smallest absolute Gasteiger partial charge is 0.416 e. The van der Waals surface area contributed by atoms with Crippen LogP contribution in [0.5, 0.6) is 0 Å². The normalized spacial score (nSPS) is 19.1. The van der Waals surface area contributed by atoms with Gasteiger partial charge in [-0.3, -0.25) is 9.78 Å². The van der Waals surface area contributed by atoms with Crippen LogP contribution in [0.1, 0.15) is 40.5 Å². The standard InChI is InChI=1S/C32H32F3N7O3/c1-4-37-24-9-18(32(33,34)35)8-20-19(24)10-25-27(20)28(41-6-5-16-13-40(3)15-26(16)41)22(12-38-25)17-7-21-29(43)23(31(44)45)14-42(36-2)30(21)39-11-17/h7-9,11-12,14,16,26,36-37H,4-6,10,13,15H2,1-3H3,(H,44,45)/t16-,26?/m0/s1. The van der Waals surface area contributed by atoms with Crippen LogP contribution in [0.15, 0.2) is 41.6 Å². The van der Waals surface area contributed by atoms with Crippen molar-refractivity contribution in [3.8, 4) is 22.3 Å². The van der Waals surface area contributed by atoms with Gasteiger partial charge in [-0.15, -0.1) is 0 Å². The molecule has 2 saturated heterocycles. The Morgan fingerprint density at radius 2 is 1.93 bits per heavy atom. The molecule has 4 aromatic rings. The molecule has 3 aromatic heterocycles. The van der Waals surface area contributed by atoms with Crippen LogP contribution in [0.4, 0.5) is 24.5 Å². The number of carbonyl (C=O) groups is 1. The number of rotatable bonds is 6. The van der Waals surface area contributed by atoms with Gasteiger partial charge in [0.2, 0.25) is 5.43 Å². The molecule has 1 aromatic carbocycles. The fourth-order valence-corrected chi connectivity index (χ4v) is 7.36. The molecule has 1 aliphatic carbocycles. The lowest BCUT2D eigenvalue weighted by Gasteiger charge is -2.31. The van der Waals surface area contributed by atoms with Crippen molar-refractivity contribution in [1.29, 1.82) is 0 Å². The van der Waals surface area contributed by atoms with Crippen LogP contribution in [-0.4, -0.2) is 76.9 Å². The van der Waals surface area contributed by atoms with Gasteiger partial charge in [0, 0.05) is 86.7 Å². The summed E-state index contributed by atoms with van der Waals surface area (Å²) in [7, 11) is 3.66. The summed E-state index contributed by atoms with van der Waals surface area (Å²) < 4.78 is 44.0. The van der Waals surface area contributed by atoms with E-state index in [2.05, 4.69) is 32.6 Å².